The summed E-state index contributed by atoms with van der Waals surface area (Å²) in [5.74, 6) is 0.854. The molecule has 5 nitrogen and oxygen atoms in total. The number of hydrogen-bond acceptors (Lipinski definition) is 3. The van der Waals surface area contributed by atoms with E-state index in [2.05, 4.69) is 190 Å². The maximum atomic E-state index is 6.35. The van der Waals surface area contributed by atoms with Gasteiger partial charge in [-0.15, -0.1) is 0 Å². The Balaban J connectivity index is 1.14. The quantitative estimate of drug-likeness (QED) is 0.174. The smallest absolute Gasteiger partial charge is 0.220 e. The molecule has 0 amide bonds. The van der Waals surface area contributed by atoms with Crippen molar-refractivity contribution in [3.8, 4) is 27.9 Å². The maximum Gasteiger partial charge on any atom is 0.220 e. The lowest BCUT2D eigenvalue weighted by molar-refractivity contribution is 0.669. The highest BCUT2D eigenvalue weighted by molar-refractivity contribution is 6.10. The number of rotatable bonds is 6. The van der Waals surface area contributed by atoms with Gasteiger partial charge in [0.15, 0.2) is 0 Å². The van der Waals surface area contributed by atoms with Crippen LogP contribution in [0.25, 0.3) is 77.7 Å². The zero-order valence-corrected chi connectivity index (χ0v) is 29.2. The molecule has 0 aliphatic heterocycles. The molecule has 0 bridgehead atoms. The summed E-state index contributed by atoms with van der Waals surface area (Å²) in [6.45, 7) is 0. The Morgan fingerprint density at radius 2 is 1.00 bits per heavy atom. The number of nitrogens with zero attached hydrogens (tertiary/aromatic N) is 4. The number of benzene rings is 8. The highest BCUT2D eigenvalue weighted by Gasteiger charge is 2.22. The van der Waals surface area contributed by atoms with E-state index in [9.17, 15) is 0 Å². The van der Waals surface area contributed by atoms with Crippen LogP contribution in [0, 0.1) is 0 Å². The van der Waals surface area contributed by atoms with Crippen molar-refractivity contribution in [1.82, 2.24) is 14.0 Å². The summed E-state index contributed by atoms with van der Waals surface area (Å²) in [4.78, 5) is 7.59. The molecule has 5 heteroatoms. The van der Waals surface area contributed by atoms with E-state index in [4.69, 9.17) is 9.40 Å². The van der Waals surface area contributed by atoms with Crippen molar-refractivity contribution < 1.29 is 4.42 Å². The van der Waals surface area contributed by atoms with E-state index in [0.29, 0.717) is 0 Å². The Kier molecular flexibility index (Phi) is 6.79. The van der Waals surface area contributed by atoms with Crippen LogP contribution < -0.4 is 4.90 Å². The molecule has 0 saturated carbocycles. The molecule has 8 aromatic carbocycles. The summed E-state index contributed by atoms with van der Waals surface area (Å²) >= 11 is 0. The number of imidazole rings is 2. The second-order valence-electron chi connectivity index (χ2n) is 13.7. The number of para-hydroxylation sites is 3. The molecule has 0 saturated heterocycles. The highest BCUT2D eigenvalue weighted by Crippen LogP contribution is 2.41. The topological polar surface area (TPSA) is 38.6 Å². The Bertz CT molecular complexity index is 3050. The average Bonchev–Trinajstić information content (AvgIpc) is 3.91. The van der Waals surface area contributed by atoms with Gasteiger partial charge in [-0.2, -0.15) is 0 Å². The Labute approximate surface area is 311 Å². The fourth-order valence-corrected chi connectivity index (χ4v) is 8.02. The third kappa shape index (κ3) is 4.76. The first kappa shape index (κ1) is 30.3. The minimum absolute atomic E-state index is 0.852. The van der Waals surface area contributed by atoms with Gasteiger partial charge in [-0.25, -0.2) is 4.98 Å². The standard InChI is InChI=1S/C49H32N4O/c1-3-12-33(13-4-1)35-22-26-37(27-23-35)51(38-28-24-36(25-29-38)34-14-5-2-6-15-34)39-30-31-43-45(32-39)52-42-18-9-8-17-41(42)50-49(52)53(43)44-19-11-21-47-48(44)40-16-7-10-20-46(40)54-47/h1-32H. The van der Waals surface area contributed by atoms with Gasteiger partial charge in [-0.3, -0.25) is 8.97 Å². The Morgan fingerprint density at radius 1 is 0.426 bits per heavy atom. The van der Waals surface area contributed by atoms with Crippen LogP contribution in [0.4, 0.5) is 17.1 Å². The van der Waals surface area contributed by atoms with Crippen LogP contribution in [0.2, 0.25) is 0 Å². The zero-order valence-electron chi connectivity index (χ0n) is 29.2. The van der Waals surface area contributed by atoms with E-state index < -0.39 is 0 Å². The molecule has 0 radical (unpaired) electrons. The van der Waals surface area contributed by atoms with Gasteiger partial charge in [0, 0.05) is 22.4 Å². The summed E-state index contributed by atoms with van der Waals surface area (Å²) in [6.07, 6.45) is 0. The molecule has 0 aliphatic rings. The molecule has 0 atom stereocenters. The van der Waals surface area contributed by atoms with Crippen molar-refractivity contribution in [1.29, 1.82) is 0 Å². The van der Waals surface area contributed by atoms with Crippen molar-refractivity contribution in [2.24, 2.45) is 0 Å². The highest BCUT2D eigenvalue weighted by atomic mass is 16.3. The minimum Gasteiger partial charge on any atom is -0.456 e. The summed E-state index contributed by atoms with van der Waals surface area (Å²) in [5.41, 5.74) is 14.8. The SMILES string of the molecule is c1ccc(-c2ccc(N(c3ccc(-c4ccccc4)cc3)c3ccc4c(c3)n3c5ccccc5nc3n4-c3cccc4oc5ccccc5c34)cc2)cc1. The molecule has 0 fully saturated rings. The van der Waals surface area contributed by atoms with Crippen molar-refractivity contribution in [2.75, 3.05) is 4.90 Å². The molecule has 0 aliphatic carbocycles. The molecule has 0 unspecified atom stereocenters. The molecule has 3 aromatic heterocycles. The third-order valence-corrected chi connectivity index (χ3v) is 10.5. The summed E-state index contributed by atoms with van der Waals surface area (Å²) < 4.78 is 10.9. The Morgan fingerprint density at radius 3 is 1.70 bits per heavy atom. The summed E-state index contributed by atoms with van der Waals surface area (Å²) in [5, 5.41) is 2.15. The van der Waals surface area contributed by atoms with Crippen LogP contribution in [0.1, 0.15) is 0 Å². The van der Waals surface area contributed by atoms with Crippen molar-refractivity contribution >= 4 is 66.8 Å². The van der Waals surface area contributed by atoms with E-state index in [1.807, 2.05) is 18.2 Å². The first-order valence-corrected chi connectivity index (χ1v) is 18.2. The predicted octanol–water partition coefficient (Wildman–Crippen LogP) is 13.1. The number of furan rings is 1. The lowest BCUT2D eigenvalue weighted by Crippen LogP contribution is -2.10. The van der Waals surface area contributed by atoms with Gasteiger partial charge in [0.05, 0.1) is 33.1 Å². The van der Waals surface area contributed by atoms with E-state index >= 15 is 0 Å². The molecule has 0 N–H and O–H groups in total. The molecule has 0 spiro atoms. The Hall–Kier alpha value is -7.37. The lowest BCUT2D eigenvalue weighted by Gasteiger charge is -2.26. The first-order valence-electron chi connectivity index (χ1n) is 18.2. The van der Waals surface area contributed by atoms with Crippen molar-refractivity contribution in [3.05, 3.63) is 194 Å². The normalized spacial score (nSPS) is 11.7. The molecule has 54 heavy (non-hydrogen) atoms. The van der Waals surface area contributed by atoms with E-state index in [1.54, 1.807) is 0 Å². The van der Waals surface area contributed by atoms with Gasteiger partial charge in [0.1, 0.15) is 11.2 Å². The molecular formula is C49H32N4O. The molecule has 11 rings (SSSR count). The van der Waals surface area contributed by atoms with Crippen LogP contribution in [-0.2, 0) is 0 Å². The van der Waals surface area contributed by atoms with Gasteiger partial charge < -0.3 is 9.32 Å². The number of anilines is 3. The summed E-state index contributed by atoms with van der Waals surface area (Å²) in [6, 6.07) is 68.5. The minimum atomic E-state index is 0.852. The van der Waals surface area contributed by atoms with Crippen molar-refractivity contribution in [2.45, 2.75) is 0 Å². The van der Waals surface area contributed by atoms with Crippen LogP contribution in [0.15, 0.2) is 199 Å². The second-order valence-corrected chi connectivity index (χ2v) is 13.7. The van der Waals surface area contributed by atoms with Gasteiger partial charge in [-0.1, -0.05) is 121 Å². The molecule has 254 valence electrons. The van der Waals surface area contributed by atoms with Gasteiger partial charge >= 0.3 is 0 Å². The fraction of sp³-hybridized carbons (Fsp3) is 0. The summed E-state index contributed by atoms with van der Waals surface area (Å²) in [7, 11) is 0. The fourth-order valence-electron chi connectivity index (χ4n) is 8.02. The largest absolute Gasteiger partial charge is 0.456 e. The monoisotopic (exact) mass is 692 g/mol. The van der Waals surface area contributed by atoms with Crippen LogP contribution in [0.5, 0.6) is 0 Å². The maximum absolute atomic E-state index is 6.35. The zero-order chi connectivity index (χ0) is 35.6. The van der Waals surface area contributed by atoms with Crippen LogP contribution in [0.3, 0.4) is 0 Å². The number of aromatic nitrogens is 3. The van der Waals surface area contributed by atoms with E-state index in [0.717, 1.165) is 72.5 Å². The van der Waals surface area contributed by atoms with Gasteiger partial charge in [0.2, 0.25) is 5.78 Å². The molecular weight excluding hydrogens is 661 g/mol. The molecule has 11 aromatic rings. The van der Waals surface area contributed by atoms with Crippen LogP contribution in [-0.4, -0.2) is 14.0 Å². The lowest BCUT2D eigenvalue weighted by atomic mass is 10.0. The third-order valence-electron chi connectivity index (χ3n) is 10.5. The van der Waals surface area contributed by atoms with Gasteiger partial charge in [0.25, 0.3) is 0 Å². The molecule has 3 heterocycles. The average molecular weight is 693 g/mol. The number of fused-ring (bicyclic) bond motifs is 8. The van der Waals surface area contributed by atoms with E-state index in [-0.39, 0.29) is 0 Å². The van der Waals surface area contributed by atoms with Crippen LogP contribution >= 0.6 is 0 Å². The van der Waals surface area contributed by atoms with E-state index in [1.165, 1.54) is 22.3 Å². The van der Waals surface area contributed by atoms with Crippen molar-refractivity contribution in [3.63, 3.8) is 0 Å². The van der Waals surface area contributed by atoms with Gasteiger partial charge in [-0.05, 0) is 95.1 Å². The predicted molar refractivity (Wildman–Crippen MR) is 222 cm³/mol. The number of hydrogen-bond donors (Lipinski definition) is 0. The second kappa shape index (κ2) is 12.1. The first-order chi connectivity index (χ1) is 26.8.